The number of aliphatic carboxylic acids is 2. The highest BCUT2D eigenvalue weighted by Crippen LogP contribution is 2.37. The van der Waals surface area contributed by atoms with Crippen molar-refractivity contribution in [3.8, 4) is 11.5 Å². The Hall–Kier alpha value is -3.93. The number of nitrogens with zero attached hydrogens (tertiary/aromatic N) is 1. The number of rotatable bonds is 11. The maximum Gasteiger partial charge on any atom is 0.416 e. The number of ether oxygens (including phenoxy) is 2. The number of hydrogen-bond acceptors (Lipinski definition) is 9. The van der Waals surface area contributed by atoms with Gasteiger partial charge in [0.05, 0.1) is 52.6 Å². The first-order chi connectivity index (χ1) is 24.4. The van der Waals surface area contributed by atoms with Crippen LogP contribution >= 0.6 is 42.4 Å². The van der Waals surface area contributed by atoms with Gasteiger partial charge in [0.15, 0.2) is 6.10 Å². The quantitative estimate of drug-likeness (QED) is 0.0989. The van der Waals surface area contributed by atoms with Gasteiger partial charge in [-0.3, -0.25) is 24.3 Å². The van der Waals surface area contributed by atoms with E-state index in [4.69, 9.17) is 69.1 Å². The second-order valence-corrected chi connectivity index (χ2v) is 14.4. The summed E-state index contributed by atoms with van der Waals surface area (Å²) in [4.78, 5) is 66.2. The van der Waals surface area contributed by atoms with Crippen molar-refractivity contribution >= 4 is 66.2 Å². The van der Waals surface area contributed by atoms with Crippen LogP contribution in [0.15, 0.2) is 60.7 Å². The molecule has 4 rings (SSSR count). The molecule has 1 saturated heterocycles. The molecule has 14 nitrogen and oxygen atoms in total. The van der Waals surface area contributed by atoms with Gasteiger partial charge >= 0.3 is 31.7 Å². The summed E-state index contributed by atoms with van der Waals surface area (Å²) in [5, 5.41) is 20.6. The zero-order valence-corrected chi connectivity index (χ0v) is 31.1. The van der Waals surface area contributed by atoms with Crippen LogP contribution in [0.1, 0.15) is 42.3 Å². The molecule has 53 heavy (non-hydrogen) atoms. The molecule has 0 spiro atoms. The van der Waals surface area contributed by atoms with Crippen molar-refractivity contribution in [3.05, 3.63) is 92.4 Å². The number of hydroxylamine groups is 2. The van der Waals surface area contributed by atoms with Gasteiger partial charge in [-0.15, -0.1) is 0 Å². The van der Waals surface area contributed by atoms with Crippen LogP contribution in [-0.4, -0.2) is 74.4 Å². The van der Waals surface area contributed by atoms with Gasteiger partial charge in [0.1, 0.15) is 11.5 Å². The van der Waals surface area contributed by atoms with E-state index in [0.717, 1.165) is 30.7 Å². The van der Waals surface area contributed by atoms with Gasteiger partial charge in [-0.05, 0) is 68.8 Å². The fraction of sp³-hybridized carbons (Fsp3) is 0.312. The van der Waals surface area contributed by atoms with Crippen LogP contribution < -0.4 is 10.1 Å². The highest BCUT2D eigenvalue weighted by molar-refractivity contribution is 7.51. The van der Waals surface area contributed by atoms with Crippen molar-refractivity contribution in [3.63, 3.8) is 0 Å². The number of amides is 1. The van der Waals surface area contributed by atoms with Crippen molar-refractivity contribution < 1.29 is 71.2 Å². The van der Waals surface area contributed by atoms with Crippen LogP contribution in [0.2, 0.25) is 15.1 Å². The molecule has 0 radical (unpaired) electrons. The summed E-state index contributed by atoms with van der Waals surface area (Å²) < 4.78 is 58.2. The Labute approximate surface area is 315 Å². The van der Waals surface area contributed by atoms with E-state index in [1.807, 2.05) is 38.1 Å². The first-order valence-corrected chi connectivity index (χ1v) is 17.8. The molecule has 0 unspecified atom stereocenters. The first kappa shape index (κ1) is 45.2. The Bertz CT molecular complexity index is 1840. The minimum Gasteiger partial charge on any atom is -0.480 e. The second kappa shape index (κ2) is 19.4. The zero-order valence-electron chi connectivity index (χ0n) is 27.9. The SMILES string of the molecule is CC1(C)CON(Cc2ccccc2Cl)C1=O.C[C@H](OC(=O)c1cc(Oc2ccc(C(F)(F)F)cc2Cl)ccc1Cl)C(=O)O.O=C(O)CNCP(=O)(O)O. The third-order valence-corrected chi connectivity index (χ3v) is 8.16. The van der Waals surface area contributed by atoms with E-state index < -0.39 is 61.6 Å². The lowest BCUT2D eigenvalue weighted by molar-refractivity contribution is -0.165. The molecular weight excluding hydrogens is 799 g/mol. The summed E-state index contributed by atoms with van der Waals surface area (Å²) in [5.74, 6) is -3.52. The topological polar surface area (TPSA) is 209 Å². The van der Waals surface area contributed by atoms with E-state index in [1.54, 1.807) is 0 Å². The maximum absolute atomic E-state index is 12.7. The summed E-state index contributed by atoms with van der Waals surface area (Å²) in [6.45, 7) is 5.31. The Balaban J connectivity index is 0.000000314. The molecule has 0 bridgehead atoms. The molecule has 0 aliphatic carbocycles. The molecule has 0 saturated carbocycles. The second-order valence-electron chi connectivity index (χ2n) is 11.5. The van der Waals surface area contributed by atoms with Crippen LogP contribution in [0.5, 0.6) is 11.5 Å². The van der Waals surface area contributed by atoms with Crippen LogP contribution in [0.25, 0.3) is 0 Å². The third-order valence-electron chi connectivity index (χ3n) is 6.53. The Morgan fingerprint density at radius 2 is 1.64 bits per heavy atom. The van der Waals surface area contributed by atoms with Crippen molar-refractivity contribution in [1.82, 2.24) is 10.4 Å². The molecule has 1 aliphatic rings. The standard InChI is InChI=1S/C17H11Cl2F3O5.C12H14ClNO2.C3H8NO5P/c1-8(15(23)24)26-16(25)11-7-10(3-4-12(11)18)27-14-5-2-9(6-13(14)19)17(20,21)22;1-12(2)8-16-14(11(12)15)7-9-5-3-4-6-10(9)13;5-3(6)1-4-2-10(7,8)9/h2-8H,1H3,(H,23,24);3-6H,7-8H2,1-2H3;4H,1-2H2,(H,5,6)(H2,7,8,9)/t8-;;/m0../s1. The van der Waals surface area contributed by atoms with Crippen molar-refractivity contribution in [2.24, 2.45) is 5.41 Å². The number of nitrogens with one attached hydrogen (secondary N) is 1. The minimum absolute atomic E-state index is 0.00687. The van der Waals surface area contributed by atoms with Crippen LogP contribution in [0.4, 0.5) is 13.2 Å². The molecule has 1 heterocycles. The van der Waals surface area contributed by atoms with E-state index in [9.17, 15) is 36.9 Å². The number of benzene rings is 3. The predicted molar refractivity (Wildman–Crippen MR) is 185 cm³/mol. The molecule has 1 aliphatic heterocycles. The summed E-state index contributed by atoms with van der Waals surface area (Å²) in [6.07, 6.45) is -6.55. The summed E-state index contributed by atoms with van der Waals surface area (Å²) in [7, 11) is -4.10. The van der Waals surface area contributed by atoms with Gasteiger partial charge in [0, 0.05) is 5.02 Å². The lowest BCUT2D eigenvalue weighted by Crippen LogP contribution is -2.30. The number of alkyl halides is 3. The Morgan fingerprint density at radius 3 is 2.15 bits per heavy atom. The maximum atomic E-state index is 12.7. The van der Waals surface area contributed by atoms with E-state index in [2.05, 4.69) is 5.32 Å². The number of esters is 1. The fourth-order valence-electron chi connectivity index (χ4n) is 3.79. The number of hydrogen-bond donors (Lipinski definition) is 5. The highest BCUT2D eigenvalue weighted by Gasteiger charge is 2.40. The molecule has 1 amide bonds. The number of carboxylic acids is 2. The Morgan fingerprint density at radius 1 is 1.00 bits per heavy atom. The van der Waals surface area contributed by atoms with Crippen molar-refractivity contribution in [2.45, 2.75) is 39.6 Å². The molecule has 0 aromatic heterocycles. The molecular formula is C32H33Cl3F3N2O12P. The summed E-state index contributed by atoms with van der Waals surface area (Å²) >= 11 is 17.7. The van der Waals surface area contributed by atoms with E-state index in [1.165, 1.54) is 17.2 Å². The monoisotopic (exact) mass is 830 g/mol. The minimum atomic E-state index is -4.56. The van der Waals surface area contributed by atoms with Gasteiger partial charge in [-0.2, -0.15) is 13.2 Å². The smallest absolute Gasteiger partial charge is 0.416 e. The largest absolute Gasteiger partial charge is 0.480 e. The first-order valence-electron chi connectivity index (χ1n) is 14.8. The van der Waals surface area contributed by atoms with E-state index in [0.29, 0.717) is 24.2 Å². The number of carboxylic acid groups (broad SMARTS) is 2. The molecule has 1 atom stereocenters. The Kier molecular flexibility index (Phi) is 16.6. The van der Waals surface area contributed by atoms with Gasteiger partial charge < -0.3 is 29.5 Å². The van der Waals surface area contributed by atoms with Crippen molar-refractivity contribution in [2.75, 3.05) is 19.4 Å². The van der Waals surface area contributed by atoms with Crippen LogP contribution in [0, 0.1) is 5.41 Å². The van der Waals surface area contributed by atoms with Crippen LogP contribution in [-0.2, 0) is 41.2 Å². The van der Waals surface area contributed by atoms with E-state index >= 15 is 0 Å². The van der Waals surface area contributed by atoms with Gasteiger partial charge in [0.2, 0.25) is 0 Å². The fourth-order valence-corrected chi connectivity index (χ4v) is 4.80. The van der Waals surface area contributed by atoms with Gasteiger partial charge in [0.25, 0.3) is 5.91 Å². The van der Waals surface area contributed by atoms with Gasteiger partial charge in [-0.1, -0.05) is 53.0 Å². The summed E-state index contributed by atoms with van der Waals surface area (Å²) in [5.41, 5.74) is -0.648. The molecule has 1 fully saturated rings. The molecule has 290 valence electrons. The average Bonchev–Trinajstić information content (AvgIpc) is 3.30. The highest BCUT2D eigenvalue weighted by atomic mass is 35.5. The molecule has 21 heteroatoms. The van der Waals surface area contributed by atoms with Gasteiger partial charge in [-0.25, -0.2) is 14.7 Å². The van der Waals surface area contributed by atoms with Crippen molar-refractivity contribution in [1.29, 1.82) is 0 Å². The lowest BCUT2D eigenvalue weighted by atomic mass is 9.95. The average molecular weight is 832 g/mol. The lowest BCUT2D eigenvalue weighted by Gasteiger charge is -2.16. The normalized spacial score (nSPS) is 14.2. The number of carbonyl (C=O) groups is 4. The zero-order chi connectivity index (χ0) is 40.3. The molecule has 3 aromatic rings. The number of halogens is 6. The van der Waals surface area contributed by atoms with Crippen LogP contribution in [0.3, 0.4) is 0 Å². The van der Waals surface area contributed by atoms with E-state index in [-0.39, 0.29) is 33.0 Å². The predicted octanol–water partition coefficient (Wildman–Crippen LogP) is 6.87. The molecule has 3 aromatic carbocycles. The molecule has 5 N–H and O–H groups in total. The number of carbonyl (C=O) groups excluding carboxylic acids is 2. The third kappa shape index (κ3) is 15.1. The summed E-state index contributed by atoms with van der Waals surface area (Å²) in [6, 6.07) is 13.8.